The van der Waals surface area contributed by atoms with Crippen LogP contribution in [-0.2, 0) is 10.0 Å². The van der Waals surface area contributed by atoms with Crippen LogP contribution in [0.2, 0.25) is 0 Å². The number of amides is 1. The number of hydrogen-bond donors (Lipinski definition) is 1. The van der Waals surface area contributed by atoms with Crippen molar-refractivity contribution in [3.8, 4) is 5.75 Å². The molecule has 0 atom stereocenters. The minimum absolute atomic E-state index is 0.0693. The number of nitrogens with one attached hydrogen (secondary N) is 1. The number of carbonyl (C=O) groups excluding carboxylic acids is 1. The Kier molecular flexibility index (Phi) is 6.20. The monoisotopic (exact) mass is 463 g/mol. The number of nitrogens with zero attached hydrogens (tertiary/aromatic N) is 2. The van der Waals surface area contributed by atoms with E-state index in [2.05, 4.69) is 9.71 Å². The number of carbonyl (C=O) groups is 1. The molecule has 1 heterocycles. The molecule has 3 aromatic carbocycles. The molecule has 0 saturated carbocycles. The molecule has 4 rings (SSSR count). The lowest BCUT2D eigenvalue weighted by atomic mass is 10.1. The van der Waals surface area contributed by atoms with Crippen molar-refractivity contribution in [2.75, 3.05) is 23.9 Å². The van der Waals surface area contributed by atoms with Gasteiger partial charge < -0.3 is 15.0 Å². The second-order valence-electron chi connectivity index (χ2n) is 7.78. The summed E-state index contributed by atoms with van der Waals surface area (Å²) in [5.74, 6) is 0.702. The molecule has 1 N–H and O–H groups in total. The van der Waals surface area contributed by atoms with E-state index in [4.69, 9.17) is 4.74 Å². The summed E-state index contributed by atoms with van der Waals surface area (Å²) >= 11 is 0. The molecule has 0 spiro atoms. The first-order valence-corrected chi connectivity index (χ1v) is 12.1. The lowest BCUT2D eigenvalue weighted by Gasteiger charge is -2.31. The number of amidine groups is 1. The third-order valence-corrected chi connectivity index (χ3v) is 6.62. The van der Waals surface area contributed by atoms with Gasteiger partial charge in [0.05, 0.1) is 12.8 Å². The first-order valence-electron chi connectivity index (χ1n) is 10.6. The molecule has 0 aliphatic carbocycles. The van der Waals surface area contributed by atoms with E-state index < -0.39 is 10.0 Å². The van der Waals surface area contributed by atoms with Gasteiger partial charge in [-0.1, -0.05) is 30.7 Å². The number of methoxy groups -OCH3 is 1. The molecule has 8 heteroatoms. The first-order chi connectivity index (χ1) is 15.8. The summed E-state index contributed by atoms with van der Waals surface area (Å²) in [5, 5.41) is 2.77. The van der Waals surface area contributed by atoms with E-state index in [0.29, 0.717) is 35.1 Å². The summed E-state index contributed by atoms with van der Waals surface area (Å²) < 4.78 is 35.5. The van der Waals surface area contributed by atoms with Crippen LogP contribution in [-0.4, -0.2) is 33.8 Å². The van der Waals surface area contributed by atoms with Crippen LogP contribution in [0.1, 0.15) is 34.8 Å². The fourth-order valence-corrected chi connectivity index (χ4v) is 4.98. The first kappa shape index (κ1) is 22.5. The lowest BCUT2D eigenvalue weighted by molar-refractivity contribution is 0.102. The zero-order valence-corrected chi connectivity index (χ0v) is 19.5. The zero-order chi connectivity index (χ0) is 23.6. The van der Waals surface area contributed by atoms with Crippen molar-refractivity contribution in [1.82, 2.24) is 0 Å². The molecule has 0 radical (unpaired) electrons. The average Bonchev–Trinajstić information content (AvgIpc) is 2.81. The Morgan fingerprint density at radius 3 is 2.48 bits per heavy atom. The molecule has 1 aliphatic rings. The van der Waals surface area contributed by atoms with Crippen molar-refractivity contribution in [2.24, 2.45) is 4.40 Å². The summed E-state index contributed by atoms with van der Waals surface area (Å²) in [7, 11) is -2.40. The Labute approximate surface area is 193 Å². The number of fused-ring (bicyclic) bond motifs is 1. The van der Waals surface area contributed by atoms with Gasteiger partial charge in [0, 0.05) is 23.4 Å². The summed E-state index contributed by atoms with van der Waals surface area (Å²) in [4.78, 5) is 14.6. The predicted octanol–water partition coefficient (Wildman–Crippen LogP) is 4.62. The minimum atomic E-state index is -3.96. The number of aryl methyl sites for hydroxylation is 1. The SMILES string of the molecule is CCCN1C(c2cccc(C)c2)=NS(=O)(=O)c2cc(NC(=O)c3ccc(OC)cc3)ccc21. The number of hydrogen-bond acceptors (Lipinski definition) is 5. The molecule has 1 aliphatic heterocycles. The second kappa shape index (κ2) is 9.07. The van der Waals surface area contributed by atoms with E-state index in [-0.39, 0.29) is 10.8 Å². The van der Waals surface area contributed by atoms with Crippen LogP contribution < -0.4 is 15.0 Å². The van der Waals surface area contributed by atoms with E-state index in [1.807, 2.05) is 43.0 Å². The number of rotatable bonds is 6. The summed E-state index contributed by atoms with van der Waals surface area (Å²) in [5.41, 5.74) is 3.12. The Morgan fingerprint density at radius 1 is 1.06 bits per heavy atom. The van der Waals surface area contributed by atoms with Gasteiger partial charge in [-0.05, 0) is 61.9 Å². The molecule has 0 saturated heterocycles. The number of benzene rings is 3. The normalized spacial score (nSPS) is 14.3. The highest BCUT2D eigenvalue weighted by Gasteiger charge is 2.31. The number of ether oxygens (including phenoxy) is 1. The van der Waals surface area contributed by atoms with Gasteiger partial charge in [0.2, 0.25) is 0 Å². The van der Waals surface area contributed by atoms with Crippen LogP contribution in [0.15, 0.2) is 76.0 Å². The molecule has 0 aromatic heterocycles. The van der Waals surface area contributed by atoms with Crippen molar-refractivity contribution in [3.63, 3.8) is 0 Å². The number of sulfonamides is 1. The Hall–Kier alpha value is -3.65. The maximum Gasteiger partial charge on any atom is 0.286 e. The fraction of sp³-hybridized carbons (Fsp3) is 0.200. The second-order valence-corrected chi connectivity index (χ2v) is 9.35. The number of anilines is 2. The highest BCUT2D eigenvalue weighted by Crippen LogP contribution is 2.35. The van der Waals surface area contributed by atoms with E-state index in [9.17, 15) is 13.2 Å². The van der Waals surface area contributed by atoms with E-state index >= 15 is 0 Å². The maximum atomic E-state index is 13.1. The molecule has 170 valence electrons. The zero-order valence-electron chi connectivity index (χ0n) is 18.7. The van der Waals surface area contributed by atoms with Gasteiger partial charge in [-0.2, -0.15) is 8.42 Å². The molecule has 7 nitrogen and oxygen atoms in total. The molecule has 0 unspecified atom stereocenters. The predicted molar refractivity (Wildman–Crippen MR) is 130 cm³/mol. The van der Waals surface area contributed by atoms with Crippen LogP contribution in [0.5, 0.6) is 5.75 Å². The van der Waals surface area contributed by atoms with Crippen LogP contribution in [0.4, 0.5) is 11.4 Å². The third-order valence-electron chi connectivity index (χ3n) is 5.32. The molecule has 1 amide bonds. The van der Waals surface area contributed by atoms with Crippen molar-refractivity contribution in [3.05, 3.63) is 83.4 Å². The van der Waals surface area contributed by atoms with Crippen molar-refractivity contribution in [1.29, 1.82) is 0 Å². The Bertz CT molecular complexity index is 1330. The van der Waals surface area contributed by atoms with Crippen molar-refractivity contribution < 1.29 is 17.9 Å². The van der Waals surface area contributed by atoms with Gasteiger partial charge in [0.1, 0.15) is 10.6 Å². The van der Waals surface area contributed by atoms with Crippen molar-refractivity contribution in [2.45, 2.75) is 25.2 Å². The third kappa shape index (κ3) is 4.61. The molecule has 0 fully saturated rings. The standard InChI is InChI=1S/C25H25N3O4S/c1-4-14-28-22-13-10-20(26-25(29)18-8-11-21(32-3)12-9-18)16-23(22)33(30,31)27-24(28)19-7-5-6-17(2)15-19/h5-13,15-16H,4,14H2,1-3H3,(H,26,29). The molecule has 0 bridgehead atoms. The lowest BCUT2D eigenvalue weighted by Crippen LogP contribution is -2.37. The van der Waals surface area contributed by atoms with Gasteiger partial charge in [-0.15, -0.1) is 4.40 Å². The van der Waals surface area contributed by atoms with E-state index in [0.717, 1.165) is 17.5 Å². The van der Waals surface area contributed by atoms with Crippen LogP contribution in [0.3, 0.4) is 0 Å². The van der Waals surface area contributed by atoms with Crippen LogP contribution >= 0.6 is 0 Å². The minimum Gasteiger partial charge on any atom is -0.497 e. The summed E-state index contributed by atoms with van der Waals surface area (Å²) in [6, 6.07) is 19.2. The van der Waals surface area contributed by atoms with Crippen molar-refractivity contribution >= 4 is 33.1 Å². The molecular weight excluding hydrogens is 438 g/mol. The highest BCUT2D eigenvalue weighted by atomic mass is 32.2. The Balaban J connectivity index is 1.70. The Morgan fingerprint density at radius 2 is 1.82 bits per heavy atom. The quantitative estimate of drug-likeness (QED) is 0.576. The van der Waals surface area contributed by atoms with Crippen LogP contribution in [0.25, 0.3) is 0 Å². The largest absolute Gasteiger partial charge is 0.497 e. The van der Waals surface area contributed by atoms with Gasteiger partial charge in [0.25, 0.3) is 15.9 Å². The van der Waals surface area contributed by atoms with E-state index in [1.54, 1.807) is 43.5 Å². The van der Waals surface area contributed by atoms with E-state index in [1.165, 1.54) is 6.07 Å². The topological polar surface area (TPSA) is 88.1 Å². The smallest absolute Gasteiger partial charge is 0.286 e. The van der Waals surface area contributed by atoms with Gasteiger partial charge >= 0.3 is 0 Å². The van der Waals surface area contributed by atoms with Gasteiger partial charge in [-0.25, -0.2) is 0 Å². The maximum absolute atomic E-state index is 13.1. The summed E-state index contributed by atoms with van der Waals surface area (Å²) in [6.07, 6.45) is 0.806. The molecule has 33 heavy (non-hydrogen) atoms. The highest BCUT2D eigenvalue weighted by molar-refractivity contribution is 7.90. The van der Waals surface area contributed by atoms with Gasteiger partial charge in [0.15, 0.2) is 5.84 Å². The van der Waals surface area contributed by atoms with Crippen LogP contribution in [0, 0.1) is 6.92 Å². The summed E-state index contributed by atoms with van der Waals surface area (Å²) in [6.45, 7) is 4.59. The molecule has 3 aromatic rings. The average molecular weight is 464 g/mol. The fourth-order valence-electron chi connectivity index (χ4n) is 3.74. The van der Waals surface area contributed by atoms with Gasteiger partial charge in [-0.3, -0.25) is 4.79 Å². The molecular formula is C25H25N3O4S.